The molecule has 1 fully saturated rings. The van der Waals surface area contributed by atoms with E-state index < -0.39 is 7.82 Å². The highest BCUT2D eigenvalue weighted by Crippen LogP contribution is 2.64. The second kappa shape index (κ2) is 2.72. The summed E-state index contributed by atoms with van der Waals surface area (Å²) in [6.45, 7) is 0. The van der Waals surface area contributed by atoms with Crippen LogP contribution in [0.3, 0.4) is 0 Å². The molecule has 11 heavy (non-hydrogen) atoms. The summed E-state index contributed by atoms with van der Waals surface area (Å²) >= 11 is 1.75. The van der Waals surface area contributed by atoms with Gasteiger partial charge in [0.15, 0.2) is 12.3 Å². The molecule has 2 heterocycles. The lowest BCUT2D eigenvalue weighted by molar-refractivity contribution is 0.276. The number of phosphoric acid groups is 1. The molecule has 1 aliphatic heterocycles. The molecule has 0 radical (unpaired) electrons. The van der Waals surface area contributed by atoms with E-state index in [0.29, 0.717) is 12.3 Å². The highest BCUT2D eigenvalue weighted by Gasteiger charge is 2.41. The van der Waals surface area contributed by atoms with Gasteiger partial charge in [0.25, 0.3) is 0 Å². The zero-order valence-corrected chi connectivity index (χ0v) is 7.40. The van der Waals surface area contributed by atoms with Gasteiger partial charge in [-0.1, -0.05) is 16.4 Å². The molecule has 1 aromatic rings. The van der Waals surface area contributed by atoms with Crippen LogP contribution in [0.25, 0.3) is 0 Å². The molecule has 0 unspecified atom stereocenters. The highest BCUT2D eigenvalue weighted by atomic mass is 32.2. The standard InChI is InChI=1S/C2HN2O4PS2/c5-9(7-11-8-9)6-2-4-3-1-10-2/h1H. The third kappa shape index (κ3) is 1.54. The lowest BCUT2D eigenvalue weighted by Crippen LogP contribution is -2.02. The average Bonchev–Trinajstić information content (AvgIpc) is 2.36. The van der Waals surface area contributed by atoms with Crippen LogP contribution in [-0.2, 0) is 12.5 Å². The molecule has 0 amide bonds. The highest BCUT2D eigenvalue weighted by molar-refractivity contribution is 8.02. The minimum absolute atomic E-state index is 0.175. The molecule has 6 nitrogen and oxygen atoms in total. The van der Waals surface area contributed by atoms with Crippen molar-refractivity contribution in [3.63, 3.8) is 0 Å². The first kappa shape index (κ1) is 7.51. The normalized spacial score (nSPS) is 20.7. The fourth-order valence-electron chi connectivity index (χ4n) is 0.409. The number of hydrogen-bond donors (Lipinski definition) is 0. The second-order valence-electron chi connectivity index (χ2n) is 1.46. The van der Waals surface area contributed by atoms with E-state index in [2.05, 4.69) is 18.1 Å². The van der Waals surface area contributed by atoms with Gasteiger partial charge in [-0.25, -0.2) is 4.57 Å². The maximum Gasteiger partial charge on any atom is 0.558 e. The number of hydrogen-bond acceptors (Lipinski definition) is 8. The van der Waals surface area contributed by atoms with E-state index in [1.54, 1.807) is 0 Å². The summed E-state index contributed by atoms with van der Waals surface area (Å²) in [4.78, 5) is 0. The van der Waals surface area contributed by atoms with E-state index in [1.165, 1.54) is 5.51 Å². The lowest BCUT2D eigenvalue weighted by atomic mass is 11.5. The molecule has 0 aromatic carbocycles. The van der Waals surface area contributed by atoms with Crippen LogP contribution >= 0.6 is 31.5 Å². The summed E-state index contributed by atoms with van der Waals surface area (Å²) in [6.07, 6.45) is 0. The lowest BCUT2D eigenvalue weighted by Gasteiger charge is -2.19. The van der Waals surface area contributed by atoms with Gasteiger partial charge < -0.3 is 4.52 Å². The Morgan fingerprint density at radius 1 is 1.64 bits per heavy atom. The van der Waals surface area contributed by atoms with E-state index in [9.17, 15) is 4.57 Å². The van der Waals surface area contributed by atoms with Gasteiger partial charge in [-0.2, -0.15) is 7.94 Å². The summed E-state index contributed by atoms with van der Waals surface area (Å²) in [5, 5.41) is 7.13. The summed E-state index contributed by atoms with van der Waals surface area (Å²) in [7, 11) is -3.31. The van der Waals surface area contributed by atoms with Crippen molar-refractivity contribution in [2.45, 2.75) is 0 Å². The summed E-state index contributed by atoms with van der Waals surface area (Å²) < 4.78 is 24.6. The first-order valence-electron chi connectivity index (χ1n) is 2.39. The van der Waals surface area contributed by atoms with Crippen molar-refractivity contribution >= 4 is 31.5 Å². The van der Waals surface area contributed by atoms with Crippen molar-refractivity contribution in [1.82, 2.24) is 10.2 Å². The second-order valence-corrected chi connectivity index (χ2v) is 4.66. The summed E-state index contributed by atoms with van der Waals surface area (Å²) in [5.74, 6) is 0. The largest absolute Gasteiger partial charge is 0.558 e. The van der Waals surface area contributed by atoms with Crippen molar-refractivity contribution in [1.29, 1.82) is 0 Å². The summed E-state index contributed by atoms with van der Waals surface area (Å²) in [5.41, 5.74) is 1.45. The monoisotopic (exact) mass is 212 g/mol. The van der Waals surface area contributed by atoms with Crippen LogP contribution in [-0.4, -0.2) is 10.2 Å². The van der Waals surface area contributed by atoms with Gasteiger partial charge in [0.05, 0.1) is 0 Å². The topological polar surface area (TPSA) is 70.5 Å². The Hall–Kier alpha value is -0.140. The number of aromatic nitrogens is 2. The Labute approximate surface area is 69.9 Å². The van der Waals surface area contributed by atoms with E-state index in [-0.39, 0.29) is 5.19 Å². The maximum absolute atomic E-state index is 11.0. The molecule has 0 bridgehead atoms. The molecule has 1 aliphatic rings. The molecule has 0 N–H and O–H groups in total. The minimum atomic E-state index is -3.31. The molecule has 2 rings (SSSR count). The van der Waals surface area contributed by atoms with Crippen LogP contribution in [0, 0.1) is 0 Å². The Bertz CT molecular complexity index is 280. The molecule has 9 heteroatoms. The van der Waals surface area contributed by atoms with Gasteiger partial charge in [0.1, 0.15) is 5.51 Å². The van der Waals surface area contributed by atoms with Gasteiger partial charge in [-0.3, -0.25) is 0 Å². The fourth-order valence-corrected chi connectivity index (χ4v) is 2.25. The van der Waals surface area contributed by atoms with Crippen molar-refractivity contribution in [2.75, 3.05) is 0 Å². The van der Waals surface area contributed by atoms with E-state index >= 15 is 0 Å². The van der Waals surface area contributed by atoms with Crippen LogP contribution in [0.4, 0.5) is 0 Å². The maximum atomic E-state index is 11.0. The third-order valence-corrected chi connectivity index (χ3v) is 3.81. The van der Waals surface area contributed by atoms with E-state index in [4.69, 9.17) is 4.52 Å². The first-order chi connectivity index (χ1) is 5.29. The Morgan fingerprint density at radius 3 is 2.91 bits per heavy atom. The molecule has 0 atom stereocenters. The van der Waals surface area contributed by atoms with Crippen LogP contribution in [0.5, 0.6) is 5.19 Å². The molecule has 60 valence electrons. The van der Waals surface area contributed by atoms with Gasteiger partial charge >= 0.3 is 13.0 Å². The van der Waals surface area contributed by atoms with Gasteiger partial charge in [-0.05, 0) is 0 Å². The first-order valence-corrected chi connectivity index (χ1v) is 5.40. The van der Waals surface area contributed by atoms with Crippen molar-refractivity contribution < 1.29 is 17.0 Å². The van der Waals surface area contributed by atoms with Gasteiger partial charge in [0.2, 0.25) is 0 Å². The fraction of sp³-hybridized carbons (Fsp3) is 0. The molecule has 1 aromatic heterocycles. The quantitative estimate of drug-likeness (QED) is 0.545. The van der Waals surface area contributed by atoms with Crippen LogP contribution in [0.2, 0.25) is 0 Å². The zero-order chi connectivity index (χ0) is 7.73. The van der Waals surface area contributed by atoms with Gasteiger partial charge in [0, 0.05) is 0 Å². The summed E-state index contributed by atoms with van der Waals surface area (Å²) in [6, 6.07) is 0. The average molecular weight is 212 g/mol. The number of rotatable bonds is 2. The predicted octanol–water partition coefficient (Wildman–Crippen LogP) is 1.64. The molecule has 0 spiro atoms. The van der Waals surface area contributed by atoms with Crippen molar-refractivity contribution in [3.05, 3.63) is 5.51 Å². The Kier molecular flexibility index (Phi) is 1.86. The molecule has 1 saturated heterocycles. The smallest absolute Gasteiger partial charge is 0.373 e. The SMILES string of the molecule is O=P1(Oc2nncs2)OSO1. The molecular formula is C2HN2O4PS2. The predicted molar refractivity (Wildman–Crippen MR) is 37.9 cm³/mol. The molecule has 0 aliphatic carbocycles. The van der Waals surface area contributed by atoms with Crippen LogP contribution in [0.15, 0.2) is 5.51 Å². The van der Waals surface area contributed by atoms with Crippen molar-refractivity contribution in [3.8, 4) is 5.19 Å². The minimum Gasteiger partial charge on any atom is -0.373 e. The van der Waals surface area contributed by atoms with E-state index in [1.807, 2.05) is 0 Å². The third-order valence-electron chi connectivity index (χ3n) is 0.773. The number of nitrogens with zero attached hydrogens (tertiary/aromatic N) is 2. The van der Waals surface area contributed by atoms with Crippen LogP contribution < -0.4 is 4.52 Å². The van der Waals surface area contributed by atoms with E-state index in [0.717, 1.165) is 11.3 Å². The van der Waals surface area contributed by atoms with Gasteiger partial charge in [-0.15, -0.1) is 5.10 Å². The Balaban J connectivity index is 2.06. The Morgan fingerprint density at radius 2 is 2.45 bits per heavy atom. The molecule has 0 saturated carbocycles. The zero-order valence-electron chi connectivity index (χ0n) is 4.87. The molecular weight excluding hydrogens is 211 g/mol. The van der Waals surface area contributed by atoms with Crippen molar-refractivity contribution in [2.24, 2.45) is 0 Å². The van der Waals surface area contributed by atoms with Crippen LogP contribution in [0.1, 0.15) is 0 Å².